The lowest BCUT2D eigenvalue weighted by molar-refractivity contribution is -0.387. The lowest BCUT2D eigenvalue weighted by Gasteiger charge is -2.12. The number of halogens is 4. The molecule has 0 aliphatic rings. The molecule has 6 nitrogen and oxygen atoms in total. The summed E-state index contributed by atoms with van der Waals surface area (Å²) >= 11 is 6.62. The van der Waals surface area contributed by atoms with Gasteiger partial charge in [0.25, 0.3) is 5.69 Å². The molecule has 0 aliphatic carbocycles. The summed E-state index contributed by atoms with van der Waals surface area (Å²) in [5.41, 5.74) is -1.49. The Balaban J connectivity index is 2.31. The van der Waals surface area contributed by atoms with Crippen molar-refractivity contribution >= 4 is 36.4 Å². The number of hydrogen-bond donors (Lipinski definition) is 1. The van der Waals surface area contributed by atoms with Gasteiger partial charge >= 0.3 is 6.18 Å². The zero-order chi connectivity index (χ0) is 20.4. The van der Waals surface area contributed by atoms with Crippen LogP contribution in [0.4, 0.5) is 18.9 Å². The van der Waals surface area contributed by atoms with Gasteiger partial charge in [-0.2, -0.15) is 13.2 Å². The van der Waals surface area contributed by atoms with Crippen LogP contribution in [-0.2, 0) is 10.7 Å². The summed E-state index contributed by atoms with van der Waals surface area (Å²) in [6, 6.07) is 6.17. The first kappa shape index (κ1) is 21.6. The minimum Gasteiger partial charge on any atom is -0.456 e. The topological polar surface area (TPSA) is 89.7 Å². The van der Waals surface area contributed by atoms with Crippen molar-refractivity contribution in [3.63, 3.8) is 0 Å². The molecule has 27 heavy (non-hydrogen) atoms. The highest BCUT2D eigenvalue weighted by atomic mass is 35.5. The number of thioether (sulfide) groups is 1. The van der Waals surface area contributed by atoms with Crippen molar-refractivity contribution in [3.05, 3.63) is 57.1 Å². The Morgan fingerprint density at radius 3 is 2.48 bits per heavy atom. The van der Waals surface area contributed by atoms with Crippen molar-refractivity contribution in [3.8, 4) is 11.5 Å². The lowest BCUT2D eigenvalue weighted by atomic mass is 10.2. The summed E-state index contributed by atoms with van der Waals surface area (Å²) in [5, 5.41) is 10.8. The highest BCUT2D eigenvalue weighted by Gasteiger charge is 2.31. The number of hydrogen-bond acceptors (Lipinski definition) is 5. The van der Waals surface area contributed by atoms with Gasteiger partial charge in [-0.25, -0.2) is 0 Å². The molecule has 0 amide bonds. The molecule has 0 aliphatic heterocycles. The SMILES string of the molecule is CP(=O)(O)CSc1cc(Oc2ccc(C(F)(F)F)cc2Cl)ccc1[N+](=O)[O-]. The molecule has 1 atom stereocenters. The molecule has 0 bridgehead atoms. The number of ether oxygens (including phenoxy) is 1. The second-order valence-electron chi connectivity index (χ2n) is 5.46. The molecule has 2 aromatic rings. The lowest BCUT2D eigenvalue weighted by Crippen LogP contribution is -2.04. The van der Waals surface area contributed by atoms with E-state index >= 15 is 0 Å². The molecule has 12 heteroatoms. The molecule has 0 aromatic heterocycles. The average Bonchev–Trinajstić information content (AvgIpc) is 2.53. The predicted molar refractivity (Wildman–Crippen MR) is 96.1 cm³/mol. The summed E-state index contributed by atoms with van der Waals surface area (Å²) in [7, 11) is -3.42. The predicted octanol–water partition coefficient (Wildman–Crippen LogP) is 6.01. The van der Waals surface area contributed by atoms with Crippen molar-refractivity contribution in [1.29, 1.82) is 0 Å². The molecule has 146 valence electrons. The minimum atomic E-state index is -4.56. The standard InChI is InChI=1S/C15H12ClF3NO5PS/c1-26(23,24)8-27-14-7-10(3-4-12(14)20(21)22)25-13-5-2-9(6-11(13)16)15(17,18)19/h2-7H,8H2,1H3,(H,23,24). The molecule has 0 spiro atoms. The van der Waals surface area contributed by atoms with E-state index in [9.17, 15) is 32.7 Å². The molecule has 1 unspecified atom stereocenters. The van der Waals surface area contributed by atoms with Crippen LogP contribution in [0.25, 0.3) is 0 Å². The summed E-state index contributed by atoms with van der Waals surface area (Å²) < 4.78 is 54.9. The molecule has 2 aromatic carbocycles. The molecule has 2 rings (SSSR count). The summed E-state index contributed by atoms with van der Waals surface area (Å²) in [4.78, 5) is 19.9. The molecule has 0 heterocycles. The Kier molecular flexibility index (Phi) is 6.47. The molecule has 0 saturated heterocycles. The Hall–Kier alpha value is -1.74. The van der Waals surface area contributed by atoms with Gasteiger partial charge in [0.15, 0.2) is 0 Å². The molecule has 1 N–H and O–H groups in total. The van der Waals surface area contributed by atoms with E-state index in [-0.39, 0.29) is 32.6 Å². The first-order valence-electron chi connectivity index (χ1n) is 7.12. The Morgan fingerprint density at radius 2 is 1.96 bits per heavy atom. The summed E-state index contributed by atoms with van der Waals surface area (Å²) in [6.45, 7) is 1.12. The number of nitrogens with zero attached hydrogens (tertiary/aromatic N) is 1. The first-order valence-corrected chi connectivity index (χ1v) is 10.8. The molecule has 0 fully saturated rings. The third-order valence-corrected chi connectivity index (χ3v) is 6.44. The minimum absolute atomic E-state index is 0.0715. The Morgan fingerprint density at radius 1 is 1.30 bits per heavy atom. The maximum atomic E-state index is 12.7. The third-order valence-electron chi connectivity index (χ3n) is 3.07. The van der Waals surface area contributed by atoms with Gasteiger partial charge in [0.1, 0.15) is 11.5 Å². The highest BCUT2D eigenvalue weighted by Crippen LogP contribution is 2.45. The zero-order valence-electron chi connectivity index (χ0n) is 13.6. The number of alkyl halides is 3. The fourth-order valence-electron chi connectivity index (χ4n) is 1.90. The third kappa shape index (κ3) is 6.14. The van der Waals surface area contributed by atoms with Crippen molar-refractivity contribution < 1.29 is 32.3 Å². The van der Waals surface area contributed by atoms with Gasteiger partial charge in [-0.05, 0) is 24.3 Å². The largest absolute Gasteiger partial charge is 0.456 e. The van der Waals surface area contributed by atoms with E-state index < -0.39 is 24.0 Å². The second-order valence-corrected chi connectivity index (χ2v) is 9.73. The van der Waals surface area contributed by atoms with E-state index in [1.165, 1.54) is 12.1 Å². The molecule has 0 radical (unpaired) electrons. The summed E-state index contributed by atoms with van der Waals surface area (Å²) in [6.07, 6.45) is -4.56. The number of nitro groups is 1. The van der Waals surface area contributed by atoms with E-state index in [2.05, 4.69) is 0 Å². The van der Waals surface area contributed by atoms with E-state index in [0.717, 1.165) is 36.6 Å². The van der Waals surface area contributed by atoms with Crippen LogP contribution in [0.5, 0.6) is 11.5 Å². The van der Waals surface area contributed by atoms with E-state index in [4.69, 9.17) is 16.3 Å². The van der Waals surface area contributed by atoms with Crippen molar-refractivity contribution in [1.82, 2.24) is 0 Å². The van der Waals surface area contributed by atoms with Gasteiger partial charge in [0.05, 0.1) is 25.9 Å². The normalized spacial score (nSPS) is 13.9. The van der Waals surface area contributed by atoms with E-state index in [1.807, 2.05) is 0 Å². The first-order chi connectivity index (χ1) is 12.4. The van der Waals surface area contributed by atoms with Crippen molar-refractivity contribution in [2.45, 2.75) is 11.1 Å². The Labute approximate surface area is 160 Å². The smallest absolute Gasteiger partial charge is 0.416 e. The number of nitro benzene ring substituents is 1. The zero-order valence-corrected chi connectivity index (χ0v) is 16.0. The molecular weight excluding hydrogens is 430 g/mol. The average molecular weight is 442 g/mol. The van der Waals surface area contributed by atoms with Crippen LogP contribution in [0.15, 0.2) is 41.3 Å². The molecular formula is C15H12ClF3NO5PS. The van der Waals surface area contributed by atoms with Crippen LogP contribution < -0.4 is 4.74 Å². The fraction of sp³-hybridized carbons (Fsp3) is 0.200. The van der Waals surface area contributed by atoms with Gasteiger partial charge in [0.2, 0.25) is 7.37 Å². The number of benzene rings is 2. The van der Waals surface area contributed by atoms with Gasteiger partial charge in [-0.3, -0.25) is 14.7 Å². The van der Waals surface area contributed by atoms with Crippen LogP contribution in [0, 0.1) is 10.1 Å². The van der Waals surface area contributed by atoms with E-state index in [0.29, 0.717) is 6.07 Å². The van der Waals surface area contributed by atoms with Gasteiger partial charge in [-0.1, -0.05) is 11.6 Å². The van der Waals surface area contributed by atoms with Crippen LogP contribution >= 0.6 is 30.7 Å². The molecule has 0 saturated carbocycles. The summed E-state index contributed by atoms with van der Waals surface area (Å²) in [5.74, 6) is 0.00595. The van der Waals surface area contributed by atoms with Crippen molar-refractivity contribution in [2.24, 2.45) is 0 Å². The maximum absolute atomic E-state index is 12.7. The van der Waals surface area contributed by atoms with Crippen LogP contribution in [0.3, 0.4) is 0 Å². The quantitative estimate of drug-likeness (QED) is 0.255. The van der Waals surface area contributed by atoms with Gasteiger partial charge in [0, 0.05) is 18.8 Å². The van der Waals surface area contributed by atoms with Crippen LogP contribution in [-0.4, -0.2) is 22.0 Å². The Bertz CT molecular complexity index is 919. The fourth-order valence-corrected chi connectivity index (χ4v) is 4.12. The second kappa shape index (κ2) is 8.10. The monoisotopic (exact) mass is 441 g/mol. The van der Waals surface area contributed by atoms with Gasteiger partial charge < -0.3 is 9.63 Å². The van der Waals surface area contributed by atoms with Gasteiger partial charge in [-0.15, -0.1) is 11.8 Å². The van der Waals surface area contributed by atoms with Crippen LogP contribution in [0.2, 0.25) is 5.02 Å². The highest BCUT2D eigenvalue weighted by molar-refractivity contribution is 8.05. The van der Waals surface area contributed by atoms with Crippen LogP contribution in [0.1, 0.15) is 5.56 Å². The van der Waals surface area contributed by atoms with E-state index in [1.54, 1.807) is 0 Å². The number of rotatable bonds is 6. The maximum Gasteiger partial charge on any atom is 0.416 e. The van der Waals surface area contributed by atoms with Crippen molar-refractivity contribution in [2.75, 3.05) is 12.2 Å².